The van der Waals surface area contributed by atoms with Crippen molar-refractivity contribution in [1.29, 1.82) is 0 Å². The molecule has 1 aromatic rings. The summed E-state index contributed by atoms with van der Waals surface area (Å²) in [6, 6.07) is 7.52. The van der Waals surface area contributed by atoms with Gasteiger partial charge in [-0.1, -0.05) is 26.8 Å². The van der Waals surface area contributed by atoms with Crippen molar-refractivity contribution in [2.24, 2.45) is 0 Å². The van der Waals surface area contributed by atoms with Crippen molar-refractivity contribution in [1.82, 2.24) is 4.90 Å². The number of benzene rings is 1. The van der Waals surface area contributed by atoms with Gasteiger partial charge in [0.25, 0.3) is 0 Å². The molecule has 0 radical (unpaired) electrons. The lowest BCUT2D eigenvalue weighted by molar-refractivity contribution is -0.117. The molecule has 0 aromatic heterocycles. The molecule has 0 fully saturated rings. The third-order valence-electron chi connectivity index (χ3n) is 2.85. The molecular formula is C15H25ClN2O2. The first-order valence-corrected chi connectivity index (χ1v) is 6.94. The monoisotopic (exact) mass is 300 g/mol. The van der Waals surface area contributed by atoms with Crippen LogP contribution >= 0.6 is 12.4 Å². The zero-order valence-electron chi connectivity index (χ0n) is 12.5. The second-order valence-corrected chi connectivity index (χ2v) is 4.39. The second kappa shape index (κ2) is 10.5. The smallest absolute Gasteiger partial charge is 0.238 e. The minimum atomic E-state index is 0. The van der Waals surface area contributed by atoms with Gasteiger partial charge in [0.1, 0.15) is 5.75 Å². The van der Waals surface area contributed by atoms with Gasteiger partial charge in [-0.25, -0.2) is 0 Å². The van der Waals surface area contributed by atoms with Crippen LogP contribution in [0.15, 0.2) is 24.3 Å². The lowest BCUT2D eigenvalue weighted by Crippen LogP contribution is -2.32. The predicted octanol–water partition coefficient (Wildman–Crippen LogP) is 3.18. The minimum Gasteiger partial charge on any atom is -0.494 e. The number of hydrogen-bond donors (Lipinski definition) is 1. The molecule has 0 spiro atoms. The third-order valence-corrected chi connectivity index (χ3v) is 2.85. The van der Waals surface area contributed by atoms with E-state index in [2.05, 4.69) is 31.0 Å². The Kier molecular flexibility index (Phi) is 9.86. The summed E-state index contributed by atoms with van der Waals surface area (Å²) < 4.78 is 5.54. The average Bonchev–Trinajstić information content (AvgIpc) is 2.43. The molecule has 0 aliphatic carbocycles. The molecule has 0 unspecified atom stereocenters. The highest BCUT2D eigenvalue weighted by Crippen LogP contribution is 2.17. The van der Waals surface area contributed by atoms with Gasteiger partial charge < -0.3 is 10.1 Å². The van der Waals surface area contributed by atoms with Crippen LogP contribution in [0.4, 0.5) is 5.69 Å². The molecule has 114 valence electrons. The summed E-state index contributed by atoms with van der Waals surface area (Å²) in [7, 11) is 0. The molecule has 0 bridgehead atoms. The fraction of sp³-hybridized carbons (Fsp3) is 0.533. The first kappa shape index (κ1) is 18.7. The lowest BCUT2D eigenvalue weighted by atomic mass is 10.3. The molecule has 0 aliphatic heterocycles. The Hall–Kier alpha value is -1.26. The van der Waals surface area contributed by atoms with Crippen LogP contribution in [0.3, 0.4) is 0 Å². The highest BCUT2D eigenvalue weighted by atomic mass is 35.5. The molecule has 4 nitrogen and oxygen atoms in total. The number of carbonyl (C=O) groups is 1. The summed E-state index contributed by atoms with van der Waals surface area (Å²) >= 11 is 0. The number of ether oxygens (including phenoxy) is 1. The second-order valence-electron chi connectivity index (χ2n) is 4.39. The SMILES string of the molecule is CCCOc1cccc(NC(=O)CN(CC)CC)c1.Cl. The molecule has 0 saturated heterocycles. The first-order valence-electron chi connectivity index (χ1n) is 6.94. The van der Waals surface area contributed by atoms with E-state index in [1.54, 1.807) is 0 Å². The molecule has 0 aliphatic rings. The molecule has 1 aromatic carbocycles. The van der Waals surface area contributed by atoms with Crippen LogP contribution in [0, 0.1) is 0 Å². The van der Waals surface area contributed by atoms with Gasteiger partial charge in [-0.05, 0) is 31.6 Å². The van der Waals surface area contributed by atoms with E-state index in [4.69, 9.17) is 4.74 Å². The third kappa shape index (κ3) is 6.78. The summed E-state index contributed by atoms with van der Waals surface area (Å²) in [5.74, 6) is 0.804. The molecule has 20 heavy (non-hydrogen) atoms. The molecule has 0 atom stereocenters. The number of nitrogens with one attached hydrogen (secondary N) is 1. The molecule has 0 saturated carbocycles. The Bertz CT molecular complexity index is 395. The number of amides is 1. The van der Waals surface area contributed by atoms with E-state index in [9.17, 15) is 4.79 Å². The lowest BCUT2D eigenvalue weighted by Gasteiger charge is -2.17. The van der Waals surface area contributed by atoms with Gasteiger partial charge in [-0.2, -0.15) is 0 Å². The summed E-state index contributed by atoms with van der Waals surface area (Å²) in [6.07, 6.45) is 0.971. The summed E-state index contributed by atoms with van der Waals surface area (Å²) in [5, 5.41) is 2.90. The number of anilines is 1. The van der Waals surface area contributed by atoms with Crippen molar-refractivity contribution in [3.05, 3.63) is 24.3 Å². The van der Waals surface area contributed by atoms with Gasteiger partial charge in [0, 0.05) is 11.8 Å². The molecular weight excluding hydrogens is 276 g/mol. The maximum Gasteiger partial charge on any atom is 0.238 e. The normalized spacial score (nSPS) is 10.0. The topological polar surface area (TPSA) is 41.6 Å². The standard InChI is InChI=1S/C15H24N2O2.ClH/c1-4-10-19-14-9-7-8-13(11-14)16-15(18)12-17(5-2)6-3;/h7-9,11H,4-6,10,12H2,1-3H3,(H,16,18);1H. The van der Waals surface area contributed by atoms with E-state index in [0.29, 0.717) is 13.2 Å². The maximum atomic E-state index is 11.9. The highest BCUT2D eigenvalue weighted by molar-refractivity contribution is 5.92. The van der Waals surface area contributed by atoms with Crippen molar-refractivity contribution in [3.8, 4) is 5.75 Å². The van der Waals surface area contributed by atoms with E-state index >= 15 is 0 Å². The Morgan fingerprint density at radius 3 is 2.55 bits per heavy atom. The highest BCUT2D eigenvalue weighted by Gasteiger charge is 2.07. The summed E-state index contributed by atoms with van der Waals surface area (Å²) in [6.45, 7) is 9.04. The summed E-state index contributed by atoms with van der Waals surface area (Å²) in [5.41, 5.74) is 0.783. The number of likely N-dealkylation sites (N-methyl/N-ethyl adjacent to an activating group) is 1. The van der Waals surface area contributed by atoms with E-state index in [-0.39, 0.29) is 18.3 Å². The van der Waals surface area contributed by atoms with Crippen LogP contribution in [0.1, 0.15) is 27.2 Å². The van der Waals surface area contributed by atoms with Crippen molar-refractivity contribution in [2.75, 3.05) is 31.6 Å². The molecule has 0 heterocycles. The zero-order valence-corrected chi connectivity index (χ0v) is 13.3. The Balaban J connectivity index is 0.00000361. The summed E-state index contributed by atoms with van der Waals surface area (Å²) in [4.78, 5) is 13.9. The van der Waals surface area contributed by atoms with E-state index < -0.39 is 0 Å². The maximum absolute atomic E-state index is 11.9. The van der Waals surface area contributed by atoms with Crippen LogP contribution < -0.4 is 10.1 Å². The Morgan fingerprint density at radius 2 is 1.95 bits per heavy atom. The average molecular weight is 301 g/mol. The molecule has 1 amide bonds. The minimum absolute atomic E-state index is 0. The predicted molar refractivity (Wildman–Crippen MR) is 85.9 cm³/mol. The quantitative estimate of drug-likeness (QED) is 0.802. The Labute approximate surface area is 127 Å². The van der Waals surface area contributed by atoms with Crippen LogP contribution in [0.5, 0.6) is 5.75 Å². The molecule has 5 heteroatoms. The van der Waals surface area contributed by atoms with Crippen LogP contribution in [0.25, 0.3) is 0 Å². The Morgan fingerprint density at radius 1 is 1.25 bits per heavy atom. The van der Waals surface area contributed by atoms with Gasteiger partial charge >= 0.3 is 0 Å². The van der Waals surface area contributed by atoms with Crippen molar-refractivity contribution in [3.63, 3.8) is 0 Å². The van der Waals surface area contributed by atoms with E-state index in [1.807, 2.05) is 24.3 Å². The van der Waals surface area contributed by atoms with E-state index in [1.165, 1.54) is 0 Å². The van der Waals surface area contributed by atoms with Gasteiger partial charge in [-0.15, -0.1) is 12.4 Å². The number of hydrogen-bond acceptors (Lipinski definition) is 3. The van der Waals surface area contributed by atoms with Crippen LogP contribution in [-0.4, -0.2) is 37.0 Å². The molecule has 1 N–H and O–H groups in total. The van der Waals surface area contributed by atoms with Crippen molar-refractivity contribution in [2.45, 2.75) is 27.2 Å². The zero-order chi connectivity index (χ0) is 14.1. The molecule has 1 rings (SSSR count). The van der Waals surface area contributed by atoms with Crippen molar-refractivity contribution >= 4 is 24.0 Å². The van der Waals surface area contributed by atoms with Gasteiger partial charge in [0.2, 0.25) is 5.91 Å². The number of nitrogens with zero attached hydrogens (tertiary/aromatic N) is 1. The largest absolute Gasteiger partial charge is 0.494 e. The fourth-order valence-corrected chi connectivity index (χ4v) is 1.73. The van der Waals surface area contributed by atoms with Gasteiger partial charge in [0.05, 0.1) is 13.2 Å². The van der Waals surface area contributed by atoms with Crippen LogP contribution in [-0.2, 0) is 4.79 Å². The van der Waals surface area contributed by atoms with Gasteiger partial charge in [-0.3, -0.25) is 9.69 Å². The van der Waals surface area contributed by atoms with E-state index in [0.717, 1.165) is 30.9 Å². The number of rotatable bonds is 8. The van der Waals surface area contributed by atoms with Gasteiger partial charge in [0.15, 0.2) is 0 Å². The van der Waals surface area contributed by atoms with Crippen molar-refractivity contribution < 1.29 is 9.53 Å². The number of halogens is 1. The number of carbonyl (C=O) groups excluding carboxylic acids is 1. The fourth-order valence-electron chi connectivity index (χ4n) is 1.73. The van der Waals surface area contributed by atoms with Crippen LogP contribution in [0.2, 0.25) is 0 Å². The first-order chi connectivity index (χ1) is 9.19.